The normalized spacial score (nSPS) is 10.2. The smallest absolute Gasteiger partial charge is 0.137 e. The number of halogens is 2. The van der Waals surface area contributed by atoms with Gasteiger partial charge < -0.3 is 26.9 Å². The molecule has 0 saturated heterocycles. The molecule has 0 aliphatic heterocycles. The number of ether oxygens (including phenoxy) is 1. The molecule has 1 heterocycles. The Bertz CT molecular complexity index is 555. The van der Waals surface area contributed by atoms with Crippen molar-refractivity contribution in [3.05, 3.63) is 41.1 Å². The van der Waals surface area contributed by atoms with Gasteiger partial charge in [-0.3, -0.25) is 0 Å². The van der Waals surface area contributed by atoms with E-state index in [1.54, 1.807) is 7.11 Å². The van der Waals surface area contributed by atoms with Crippen LogP contribution >= 0.6 is 11.6 Å². The molecule has 0 spiro atoms. The first-order chi connectivity index (χ1) is 9.74. The van der Waals surface area contributed by atoms with Gasteiger partial charge in [0.15, 0.2) is 0 Å². The number of hydrogen-bond donors (Lipinski definition) is 1. The van der Waals surface area contributed by atoms with Crippen LogP contribution in [0.25, 0.3) is 11.3 Å². The summed E-state index contributed by atoms with van der Waals surface area (Å²) in [6.07, 6.45) is 2.38. The van der Waals surface area contributed by atoms with Crippen molar-refractivity contribution in [1.29, 1.82) is 0 Å². The topological polar surface area (TPSA) is 34.4 Å². The third-order valence-corrected chi connectivity index (χ3v) is 3.40. The number of furan rings is 1. The molecule has 2 rings (SSSR count). The second-order valence-corrected chi connectivity index (χ2v) is 5.05. The summed E-state index contributed by atoms with van der Waals surface area (Å²) in [5.41, 5.74) is 0.954. The molecule has 0 unspecified atom stereocenters. The summed E-state index contributed by atoms with van der Waals surface area (Å²) in [5.74, 6) is 2.42. The highest BCUT2D eigenvalue weighted by atomic mass is 35.5. The zero-order chi connectivity index (χ0) is 14.4. The highest BCUT2D eigenvalue weighted by Crippen LogP contribution is 2.30. The maximum atomic E-state index is 6.13. The SMILES string of the molecule is CCCCNCc1ccc(-c2ccc(OC)c(Cl)c2)o1.[Cl-]. The Morgan fingerprint density at radius 3 is 2.71 bits per heavy atom. The van der Waals surface area contributed by atoms with Crippen LogP contribution in [0.5, 0.6) is 5.75 Å². The van der Waals surface area contributed by atoms with Crippen LogP contribution in [0.3, 0.4) is 0 Å². The zero-order valence-corrected chi connectivity index (χ0v) is 13.8. The highest BCUT2D eigenvalue weighted by Gasteiger charge is 2.07. The van der Waals surface area contributed by atoms with Crippen molar-refractivity contribution in [2.45, 2.75) is 26.3 Å². The average molecular weight is 329 g/mol. The van der Waals surface area contributed by atoms with Gasteiger partial charge in [-0.25, -0.2) is 0 Å². The van der Waals surface area contributed by atoms with Crippen LogP contribution in [0.1, 0.15) is 25.5 Å². The molecule has 0 amide bonds. The standard InChI is InChI=1S/C16H20ClNO2.ClH/c1-3-4-9-18-11-13-6-8-15(20-13)12-5-7-16(19-2)14(17)10-12;/h5-8,10,18H,3-4,9,11H2,1-2H3;1H/p-1. The molecule has 116 valence electrons. The molecule has 1 aromatic carbocycles. The third-order valence-electron chi connectivity index (χ3n) is 3.10. The maximum Gasteiger partial charge on any atom is 0.137 e. The Morgan fingerprint density at radius 1 is 1.24 bits per heavy atom. The van der Waals surface area contributed by atoms with Crippen molar-refractivity contribution >= 4 is 11.6 Å². The van der Waals surface area contributed by atoms with Gasteiger partial charge in [-0.2, -0.15) is 0 Å². The molecular formula is C16H20Cl2NO2-. The minimum absolute atomic E-state index is 0. The van der Waals surface area contributed by atoms with E-state index < -0.39 is 0 Å². The minimum atomic E-state index is 0. The van der Waals surface area contributed by atoms with Gasteiger partial charge >= 0.3 is 0 Å². The van der Waals surface area contributed by atoms with E-state index in [2.05, 4.69) is 12.2 Å². The summed E-state index contributed by atoms with van der Waals surface area (Å²) in [6.45, 7) is 3.95. The van der Waals surface area contributed by atoms with Gasteiger partial charge in [0.25, 0.3) is 0 Å². The van der Waals surface area contributed by atoms with Crippen LogP contribution in [-0.4, -0.2) is 13.7 Å². The second kappa shape index (κ2) is 8.98. The van der Waals surface area contributed by atoms with Crippen molar-refractivity contribution in [3.8, 4) is 17.1 Å². The molecule has 1 N–H and O–H groups in total. The quantitative estimate of drug-likeness (QED) is 0.782. The monoisotopic (exact) mass is 328 g/mol. The zero-order valence-electron chi connectivity index (χ0n) is 12.3. The molecule has 0 bridgehead atoms. The number of methoxy groups -OCH3 is 1. The Kier molecular flexibility index (Phi) is 7.65. The summed E-state index contributed by atoms with van der Waals surface area (Å²) >= 11 is 6.13. The van der Waals surface area contributed by atoms with Crippen molar-refractivity contribution < 1.29 is 21.6 Å². The first kappa shape index (κ1) is 17.9. The molecule has 0 fully saturated rings. The number of unbranched alkanes of at least 4 members (excludes halogenated alkanes) is 1. The van der Waals surface area contributed by atoms with E-state index in [-0.39, 0.29) is 12.4 Å². The van der Waals surface area contributed by atoms with Gasteiger partial charge in [0.2, 0.25) is 0 Å². The van der Waals surface area contributed by atoms with E-state index in [4.69, 9.17) is 20.8 Å². The fourth-order valence-electron chi connectivity index (χ4n) is 1.96. The lowest BCUT2D eigenvalue weighted by Gasteiger charge is -2.04. The van der Waals surface area contributed by atoms with E-state index >= 15 is 0 Å². The fraction of sp³-hybridized carbons (Fsp3) is 0.375. The lowest BCUT2D eigenvalue weighted by atomic mass is 10.2. The number of nitrogens with one attached hydrogen (secondary N) is 1. The van der Waals surface area contributed by atoms with Gasteiger partial charge in [-0.1, -0.05) is 24.9 Å². The first-order valence-corrected chi connectivity index (χ1v) is 7.25. The van der Waals surface area contributed by atoms with Crippen molar-refractivity contribution in [3.63, 3.8) is 0 Å². The lowest BCUT2D eigenvalue weighted by molar-refractivity contribution is -0.00000494. The van der Waals surface area contributed by atoms with Crippen LogP contribution in [-0.2, 0) is 6.54 Å². The number of benzene rings is 1. The van der Waals surface area contributed by atoms with Gasteiger partial charge in [0, 0.05) is 5.56 Å². The average Bonchev–Trinajstić information content (AvgIpc) is 2.92. The van der Waals surface area contributed by atoms with Crippen LogP contribution in [0.4, 0.5) is 0 Å². The van der Waals surface area contributed by atoms with Crippen LogP contribution in [0.2, 0.25) is 5.02 Å². The van der Waals surface area contributed by atoms with E-state index in [9.17, 15) is 0 Å². The van der Waals surface area contributed by atoms with E-state index in [1.165, 1.54) is 12.8 Å². The molecule has 5 heteroatoms. The van der Waals surface area contributed by atoms with Crippen molar-refractivity contribution in [2.24, 2.45) is 0 Å². The van der Waals surface area contributed by atoms with Gasteiger partial charge in [0.1, 0.15) is 17.3 Å². The summed E-state index contributed by atoms with van der Waals surface area (Å²) in [7, 11) is 1.61. The molecule has 0 saturated carbocycles. The van der Waals surface area contributed by atoms with Crippen LogP contribution in [0.15, 0.2) is 34.7 Å². The molecule has 3 nitrogen and oxygen atoms in total. The van der Waals surface area contributed by atoms with E-state index in [0.717, 1.165) is 30.2 Å². The summed E-state index contributed by atoms with van der Waals surface area (Å²) in [6, 6.07) is 9.60. The van der Waals surface area contributed by atoms with Crippen molar-refractivity contribution in [1.82, 2.24) is 5.32 Å². The van der Waals surface area contributed by atoms with Crippen LogP contribution in [0, 0.1) is 0 Å². The van der Waals surface area contributed by atoms with Gasteiger partial charge in [-0.05, 0) is 43.3 Å². The Hall–Kier alpha value is -1.16. The Balaban J connectivity index is 0.00000220. The minimum Gasteiger partial charge on any atom is -1.00 e. The molecule has 0 aliphatic carbocycles. The first-order valence-electron chi connectivity index (χ1n) is 6.88. The number of rotatable bonds is 7. The predicted molar refractivity (Wildman–Crippen MR) is 82.3 cm³/mol. The molecule has 2 aromatic rings. The maximum absolute atomic E-state index is 6.13. The molecule has 1 aromatic heterocycles. The third kappa shape index (κ3) is 4.95. The summed E-state index contributed by atoms with van der Waals surface area (Å²) in [5, 5.41) is 3.94. The summed E-state index contributed by atoms with van der Waals surface area (Å²) < 4.78 is 11.0. The Labute approximate surface area is 137 Å². The molecule has 0 radical (unpaired) electrons. The highest BCUT2D eigenvalue weighted by molar-refractivity contribution is 6.32. The van der Waals surface area contributed by atoms with Gasteiger partial charge in [0.05, 0.1) is 18.7 Å². The molecular weight excluding hydrogens is 309 g/mol. The molecule has 0 atom stereocenters. The predicted octanol–water partition coefficient (Wildman–Crippen LogP) is 1.50. The van der Waals surface area contributed by atoms with E-state index in [0.29, 0.717) is 10.8 Å². The largest absolute Gasteiger partial charge is 1.00 e. The summed E-state index contributed by atoms with van der Waals surface area (Å²) in [4.78, 5) is 0. The van der Waals surface area contributed by atoms with Crippen molar-refractivity contribution in [2.75, 3.05) is 13.7 Å². The van der Waals surface area contributed by atoms with Gasteiger partial charge in [-0.15, -0.1) is 0 Å². The Morgan fingerprint density at radius 2 is 2.05 bits per heavy atom. The van der Waals surface area contributed by atoms with Crippen LogP contribution < -0.4 is 22.5 Å². The molecule has 21 heavy (non-hydrogen) atoms. The second-order valence-electron chi connectivity index (χ2n) is 4.65. The fourth-order valence-corrected chi connectivity index (χ4v) is 2.22. The number of hydrogen-bond acceptors (Lipinski definition) is 3. The molecule has 0 aliphatic rings. The lowest BCUT2D eigenvalue weighted by Crippen LogP contribution is -3.00. The van der Waals surface area contributed by atoms with E-state index in [1.807, 2.05) is 30.3 Å².